The topological polar surface area (TPSA) is 56.6 Å². The molecule has 1 atom stereocenters. The maximum atomic E-state index is 9.84. The van der Waals surface area contributed by atoms with E-state index in [-0.39, 0.29) is 6.61 Å². The molecule has 1 heterocycles. The number of aliphatic hydroxyl groups excluding tert-OH is 2. The van der Waals surface area contributed by atoms with Crippen LogP contribution in [0.5, 0.6) is 0 Å². The minimum absolute atomic E-state index is 0.117. The largest absolute Gasteiger partial charge is 0.395 e. The zero-order valence-corrected chi connectivity index (χ0v) is 10.9. The van der Waals surface area contributed by atoms with Gasteiger partial charge in [0.05, 0.1) is 12.7 Å². The lowest BCUT2D eigenvalue weighted by Crippen LogP contribution is -2.37. The van der Waals surface area contributed by atoms with Gasteiger partial charge < -0.3 is 15.1 Å². The Labute approximate surface area is 108 Å². The van der Waals surface area contributed by atoms with E-state index in [2.05, 4.69) is 9.88 Å². The summed E-state index contributed by atoms with van der Waals surface area (Å²) in [5.41, 5.74) is 0.845. The number of aromatic nitrogens is 1. The normalized spacial score (nSPS) is 17.9. The molecule has 0 saturated heterocycles. The highest BCUT2D eigenvalue weighted by atomic mass is 16.3. The number of nitrogens with zero attached hydrogens (tertiary/aromatic N) is 2. The summed E-state index contributed by atoms with van der Waals surface area (Å²) >= 11 is 0. The molecule has 2 rings (SSSR count). The van der Waals surface area contributed by atoms with Crippen LogP contribution in [0, 0.1) is 0 Å². The van der Waals surface area contributed by atoms with Crippen molar-refractivity contribution in [3.8, 4) is 0 Å². The monoisotopic (exact) mass is 250 g/mol. The highest BCUT2D eigenvalue weighted by molar-refractivity contribution is 5.49. The Morgan fingerprint density at radius 2 is 2.17 bits per heavy atom. The summed E-state index contributed by atoms with van der Waals surface area (Å²) in [6.07, 6.45) is 6.00. The van der Waals surface area contributed by atoms with Gasteiger partial charge in [0.15, 0.2) is 0 Å². The van der Waals surface area contributed by atoms with Crippen LogP contribution in [-0.2, 0) is 0 Å². The van der Waals surface area contributed by atoms with Gasteiger partial charge in [-0.1, -0.05) is 18.9 Å². The smallest absolute Gasteiger partial charge is 0.134 e. The van der Waals surface area contributed by atoms with Crippen molar-refractivity contribution in [2.24, 2.45) is 0 Å². The third-order valence-corrected chi connectivity index (χ3v) is 3.65. The maximum Gasteiger partial charge on any atom is 0.134 e. The first kappa shape index (κ1) is 13.3. The van der Waals surface area contributed by atoms with Crippen molar-refractivity contribution in [2.75, 3.05) is 18.1 Å². The zero-order chi connectivity index (χ0) is 13.0. The average molecular weight is 250 g/mol. The molecule has 1 aromatic rings. The Balaban J connectivity index is 2.29. The lowest BCUT2D eigenvalue weighted by molar-refractivity contribution is 0.198. The number of pyridine rings is 1. The molecule has 0 radical (unpaired) electrons. The molecule has 0 spiro atoms. The van der Waals surface area contributed by atoms with E-state index in [4.69, 9.17) is 0 Å². The Kier molecular flexibility index (Phi) is 4.55. The van der Waals surface area contributed by atoms with Crippen molar-refractivity contribution in [3.05, 3.63) is 23.9 Å². The fraction of sp³-hybridized carbons (Fsp3) is 0.643. The zero-order valence-electron chi connectivity index (χ0n) is 10.9. The van der Waals surface area contributed by atoms with Gasteiger partial charge in [-0.25, -0.2) is 4.98 Å². The highest BCUT2D eigenvalue weighted by Gasteiger charge is 2.25. The lowest BCUT2D eigenvalue weighted by Gasteiger charge is -2.31. The van der Waals surface area contributed by atoms with Crippen LogP contribution < -0.4 is 4.90 Å². The Morgan fingerprint density at radius 1 is 1.44 bits per heavy atom. The summed E-state index contributed by atoms with van der Waals surface area (Å²) in [4.78, 5) is 6.58. The number of hydrogen-bond donors (Lipinski definition) is 2. The maximum absolute atomic E-state index is 9.84. The van der Waals surface area contributed by atoms with E-state index in [1.807, 2.05) is 12.1 Å². The molecule has 0 aromatic carbocycles. The van der Waals surface area contributed by atoms with Crippen molar-refractivity contribution in [2.45, 2.75) is 44.8 Å². The van der Waals surface area contributed by atoms with Gasteiger partial charge in [-0.05, 0) is 25.8 Å². The summed E-state index contributed by atoms with van der Waals surface area (Å²) in [7, 11) is 0. The molecule has 4 heteroatoms. The SMILES string of the molecule is C[C@@H](O)c1cccnc1N(CCO)C1CCCC1. The van der Waals surface area contributed by atoms with E-state index in [9.17, 15) is 10.2 Å². The second-order valence-corrected chi connectivity index (χ2v) is 4.95. The molecule has 18 heavy (non-hydrogen) atoms. The second kappa shape index (κ2) is 6.16. The Morgan fingerprint density at radius 3 is 2.78 bits per heavy atom. The molecule has 0 amide bonds. The number of rotatable bonds is 5. The van der Waals surface area contributed by atoms with Crippen LogP contribution in [0.15, 0.2) is 18.3 Å². The molecular weight excluding hydrogens is 228 g/mol. The lowest BCUT2D eigenvalue weighted by atomic mass is 10.1. The fourth-order valence-electron chi connectivity index (χ4n) is 2.76. The van der Waals surface area contributed by atoms with Crippen LogP contribution in [-0.4, -0.2) is 34.4 Å². The van der Waals surface area contributed by atoms with E-state index in [0.29, 0.717) is 12.6 Å². The van der Waals surface area contributed by atoms with Gasteiger partial charge in [-0.3, -0.25) is 0 Å². The van der Waals surface area contributed by atoms with E-state index in [1.54, 1.807) is 13.1 Å². The molecule has 0 unspecified atom stereocenters. The average Bonchev–Trinajstić information content (AvgIpc) is 2.89. The van der Waals surface area contributed by atoms with Crippen LogP contribution in [0.4, 0.5) is 5.82 Å². The first-order chi connectivity index (χ1) is 8.74. The fourth-order valence-corrected chi connectivity index (χ4v) is 2.76. The van der Waals surface area contributed by atoms with Crippen molar-refractivity contribution < 1.29 is 10.2 Å². The van der Waals surface area contributed by atoms with Gasteiger partial charge in [-0.15, -0.1) is 0 Å². The molecule has 100 valence electrons. The molecular formula is C14H22N2O2. The summed E-state index contributed by atoms with van der Waals surface area (Å²) in [6.45, 7) is 2.46. The van der Waals surface area contributed by atoms with Gasteiger partial charge in [0.1, 0.15) is 5.82 Å². The van der Waals surface area contributed by atoms with Crippen LogP contribution in [0.1, 0.15) is 44.3 Å². The summed E-state index contributed by atoms with van der Waals surface area (Å²) in [6, 6.07) is 4.20. The highest BCUT2D eigenvalue weighted by Crippen LogP contribution is 2.31. The summed E-state index contributed by atoms with van der Waals surface area (Å²) in [5.74, 6) is 0.827. The van der Waals surface area contributed by atoms with Crippen molar-refractivity contribution >= 4 is 5.82 Å². The first-order valence-corrected chi connectivity index (χ1v) is 6.74. The standard InChI is InChI=1S/C14H22N2O2/c1-11(18)13-7-4-8-15-14(13)16(9-10-17)12-5-2-3-6-12/h4,7-8,11-12,17-18H,2-3,5-6,9-10H2,1H3/t11-/m1/s1. The molecule has 1 aliphatic carbocycles. The molecule has 1 aromatic heterocycles. The van der Waals surface area contributed by atoms with Gasteiger partial charge >= 0.3 is 0 Å². The summed E-state index contributed by atoms with van der Waals surface area (Å²) in [5, 5.41) is 19.1. The quantitative estimate of drug-likeness (QED) is 0.837. The van der Waals surface area contributed by atoms with E-state index in [0.717, 1.165) is 24.2 Å². The molecule has 1 aliphatic rings. The first-order valence-electron chi connectivity index (χ1n) is 6.74. The Bertz CT molecular complexity index is 376. The molecule has 4 nitrogen and oxygen atoms in total. The van der Waals surface area contributed by atoms with Crippen LogP contribution in [0.3, 0.4) is 0 Å². The van der Waals surface area contributed by atoms with Crippen molar-refractivity contribution in [1.82, 2.24) is 4.98 Å². The predicted molar refractivity (Wildman–Crippen MR) is 71.6 cm³/mol. The van der Waals surface area contributed by atoms with Crippen LogP contribution in [0.2, 0.25) is 0 Å². The molecule has 0 aliphatic heterocycles. The minimum atomic E-state index is -0.531. The van der Waals surface area contributed by atoms with E-state index >= 15 is 0 Å². The minimum Gasteiger partial charge on any atom is -0.395 e. The van der Waals surface area contributed by atoms with Crippen molar-refractivity contribution in [1.29, 1.82) is 0 Å². The third-order valence-electron chi connectivity index (χ3n) is 3.65. The number of hydrogen-bond acceptors (Lipinski definition) is 4. The predicted octanol–water partition coefficient (Wildman–Crippen LogP) is 1.88. The van der Waals surface area contributed by atoms with Gasteiger partial charge in [0, 0.05) is 24.3 Å². The third kappa shape index (κ3) is 2.82. The molecule has 0 bridgehead atoms. The Hall–Kier alpha value is -1.13. The molecule has 1 fully saturated rings. The summed E-state index contributed by atoms with van der Waals surface area (Å²) < 4.78 is 0. The molecule has 2 N–H and O–H groups in total. The van der Waals surface area contributed by atoms with Crippen LogP contribution >= 0.6 is 0 Å². The van der Waals surface area contributed by atoms with Gasteiger partial charge in [0.25, 0.3) is 0 Å². The van der Waals surface area contributed by atoms with E-state index in [1.165, 1.54) is 12.8 Å². The van der Waals surface area contributed by atoms with Gasteiger partial charge in [0.2, 0.25) is 0 Å². The van der Waals surface area contributed by atoms with Gasteiger partial charge in [-0.2, -0.15) is 0 Å². The second-order valence-electron chi connectivity index (χ2n) is 4.95. The molecule has 1 saturated carbocycles. The number of anilines is 1. The van der Waals surface area contributed by atoms with Crippen LogP contribution in [0.25, 0.3) is 0 Å². The number of aliphatic hydroxyl groups is 2. The van der Waals surface area contributed by atoms with Crippen molar-refractivity contribution in [3.63, 3.8) is 0 Å². The van der Waals surface area contributed by atoms with E-state index < -0.39 is 6.10 Å².